The van der Waals surface area contributed by atoms with Crippen molar-refractivity contribution < 1.29 is 14.3 Å². The first kappa shape index (κ1) is 20.2. The largest absolute Gasteiger partial charge is 0.379 e. The fraction of sp³-hybridized carbons (Fsp3) is 0.579. The van der Waals surface area contributed by atoms with Gasteiger partial charge in [-0.1, -0.05) is 31.5 Å². The number of hydrogen-bond acceptors (Lipinski definition) is 3. The third-order valence-electron chi connectivity index (χ3n) is 3.59. The Labute approximate surface area is 145 Å². The van der Waals surface area contributed by atoms with Crippen molar-refractivity contribution in [2.75, 3.05) is 13.2 Å². The standard InChI is InChI=1S/C19H30N2O3/c1-13(2)17(19(23)20-10-7-11-24-14(3)4)21-18(22)16-9-6-8-15(5)12-16/h6,8-9,12-14,17H,7,10-11H2,1-5H3,(H,20,23)(H,21,22). The van der Waals surface area contributed by atoms with E-state index in [4.69, 9.17) is 4.74 Å². The summed E-state index contributed by atoms with van der Waals surface area (Å²) in [5, 5.41) is 5.71. The maximum Gasteiger partial charge on any atom is 0.251 e. The zero-order valence-electron chi connectivity index (χ0n) is 15.4. The lowest BCUT2D eigenvalue weighted by Gasteiger charge is -2.22. The summed E-state index contributed by atoms with van der Waals surface area (Å²) in [7, 11) is 0. The summed E-state index contributed by atoms with van der Waals surface area (Å²) >= 11 is 0. The van der Waals surface area contributed by atoms with Gasteiger partial charge in [-0.25, -0.2) is 0 Å². The SMILES string of the molecule is Cc1cccc(C(=O)NC(C(=O)NCCCOC(C)C)C(C)C)c1. The lowest BCUT2D eigenvalue weighted by atomic mass is 10.0. The summed E-state index contributed by atoms with van der Waals surface area (Å²) in [6.45, 7) is 10.9. The molecule has 0 saturated carbocycles. The molecule has 0 fully saturated rings. The molecule has 1 atom stereocenters. The Morgan fingerprint density at radius 1 is 1.17 bits per heavy atom. The van der Waals surface area contributed by atoms with Crippen LogP contribution in [0.25, 0.3) is 0 Å². The molecule has 2 amide bonds. The van der Waals surface area contributed by atoms with Gasteiger partial charge in [0.25, 0.3) is 5.91 Å². The highest BCUT2D eigenvalue weighted by Crippen LogP contribution is 2.07. The first-order chi connectivity index (χ1) is 11.3. The van der Waals surface area contributed by atoms with E-state index >= 15 is 0 Å². The molecule has 0 heterocycles. The first-order valence-corrected chi connectivity index (χ1v) is 8.58. The molecule has 1 aromatic rings. The zero-order valence-corrected chi connectivity index (χ0v) is 15.4. The third kappa shape index (κ3) is 7.13. The van der Waals surface area contributed by atoms with Crippen LogP contribution < -0.4 is 10.6 Å². The highest BCUT2D eigenvalue weighted by molar-refractivity contribution is 5.97. The van der Waals surface area contributed by atoms with E-state index in [2.05, 4.69) is 10.6 Å². The minimum atomic E-state index is -0.552. The molecule has 5 heteroatoms. The average molecular weight is 334 g/mol. The second-order valence-electron chi connectivity index (χ2n) is 6.63. The fourth-order valence-electron chi connectivity index (χ4n) is 2.26. The molecule has 134 valence electrons. The second kappa shape index (κ2) is 10.1. The molecule has 0 aliphatic rings. The quantitative estimate of drug-likeness (QED) is 0.682. The summed E-state index contributed by atoms with van der Waals surface area (Å²) in [5.41, 5.74) is 1.58. The van der Waals surface area contributed by atoms with Crippen LogP contribution in [-0.2, 0) is 9.53 Å². The average Bonchev–Trinajstić information content (AvgIpc) is 2.51. The summed E-state index contributed by atoms with van der Waals surface area (Å²) in [6, 6.07) is 6.78. The molecule has 1 rings (SSSR count). The number of rotatable bonds is 9. The molecule has 5 nitrogen and oxygen atoms in total. The van der Waals surface area contributed by atoms with Crippen LogP contribution in [0, 0.1) is 12.8 Å². The summed E-state index contributed by atoms with van der Waals surface area (Å²) in [6.07, 6.45) is 0.943. The van der Waals surface area contributed by atoms with Gasteiger partial charge in [-0.2, -0.15) is 0 Å². The van der Waals surface area contributed by atoms with Crippen LogP contribution in [0.3, 0.4) is 0 Å². The van der Waals surface area contributed by atoms with Gasteiger partial charge in [-0.3, -0.25) is 9.59 Å². The lowest BCUT2D eigenvalue weighted by Crippen LogP contribution is -2.50. The highest BCUT2D eigenvalue weighted by Gasteiger charge is 2.24. The third-order valence-corrected chi connectivity index (χ3v) is 3.59. The number of amides is 2. The van der Waals surface area contributed by atoms with Crippen molar-refractivity contribution in [3.05, 3.63) is 35.4 Å². The van der Waals surface area contributed by atoms with Crippen LogP contribution in [0.5, 0.6) is 0 Å². The van der Waals surface area contributed by atoms with E-state index in [-0.39, 0.29) is 23.8 Å². The predicted molar refractivity (Wildman–Crippen MR) is 96.0 cm³/mol. The van der Waals surface area contributed by atoms with Gasteiger partial charge in [-0.15, -0.1) is 0 Å². The Balaban J connectivity index is 2.53. The maximum atomic E-state index is 12.4. The van der Waals surface area contributed by atoms with E-state index < -0.39 is 6.04 Å². The number of benzene rings is 1. The Morgan fingerprint density at radius 3 is 2.46 bits per heavy atom. The highest BCUT2D eigenvalue weighted by atomic mass is 16.5. The van der Waals surface area contributed by atoms with Crippen LogP contribution in [0.1, 0.15) is 50.0 Å². The minimum absolute atomic E-state index is 0.00525. The topological polar surface area (TPSA) is 67.4 Å². The zero-order chi connectivity index (χ0) is 18.1. The molecule has 0 aliphatic heterocycles. The van der Waals surface area contributed by atoms with Gasteiger partial charge >= 0.3 is 0 Å². The van der Waals surface area contributed by atoms with Crippen molar-refractivity contribution in [3.8, 4) is 0 Å². The molecule has 0 spiro atoms. The van der Waals surface area contributed by atoms with Gasteiger partial charge in [-0.05, 0) is 45.2 Å². The molecule has 0 saturated heterocycles. The summed E-state index contributed by atoms with van der Waals surface area (Å²) in [4.78, 5) is 24.7. The number of carbonyl (C=O) groups is 2. The number of hydrogen-bond donors (Lipinski definition) is 2. The van der Waals surface area contributed by atoms with Crippen LogP contribution >= 0.6 is 0 Å². The normalized spacial score (nSPS) is 12.3. The van der Waals surface area contributed by atoms with Gasteiger partial charge in [0.1, 0.15) is 6.04 Å². The van der Waals surface area contributed by atoms with E-state index in [0.29, 0.717) is 18.7 Å². The van der Waals surface area contributed by atoms with Crippen LogP contribution in [-0.4, -0.2) is 37.1 Å². The predicted octanol–water partition coefficient (Wildman–Crippen LogP) is 2.68. The molecule has 0 aromatic heterocycles. The van der Waals surface area contributed by atoms with E-state index in [0.717, 1.165) is 12.0 Å². The van der Waals surface area contributed by atoms with Crippen molar-refractivity contribution in [1.29, 1.82) is 0 Å². The molecule has 24 heavy (non-hydrogen) atoms. The summed E-state index contributed by atoms with van der Waals surface area (Å²) in [5.74, 6) is -0.378. The Hall–Kier alpha value is -1.88. The monoisotopic (exact) mass is 334 g/mol. The molecule has 1 aromatic carbocycles. The molecule has 0 bridgehead atoms. The van der Waals surface area contributed by atoms with E-state index in [1.807, 2.05) is 52.8 Å². The van der Waals surface area contributed by atoms with Crippen molar-refractivity contribution in [2.45, 2.75) is 53.2 Å². The number of aryl methyl sites for hydroxylation is 1. The van der Waals surface area contributed by atoms with E-state index in [1.165, 1.54) is 0 Å². The summed E-state index contributed by atoms with van der Waals surface area (Å²) < 4.78 is 5.44. The Bertz CT molecular complexity index is 541. The van der Waals surface area contributed by atoms with Crippen molar-refractivity contribution >= 4 is 11.8 Å². The van der Waals surface area contributed by atoms with Gasteiger partial charge in [0.05, 0.1) is 6.10 Å². The number of ether oxygens (including phenoxy) is 1. The van der Waals surface area contributed by atoms with Crippen molar-refractivity contribution in [2.24, 2.45) is 5.92 Å². The molecule has 0 aliphatic carbocycles. The molecule has 1 unspecified atom stereocenters. The van der Waals surface area contributed by atoms with Gasteiger partial charge in [0.2, 0.25) is 5.91 Å². The smallest absolute Gasteiger partial charge is 0.251 e. The van der Waals surface area contributed by atoms with Gasteiger partial charge < -0.3 is 15.4 Å². The van der Waals surface area contributed by atoms with Crippen LogP contribution in [0.15, 0.2) is 24.3 Å². The number of nitrogens with one attached hydrogen (secondary N) is 2. The van der Waals surface area contributed by atoms with Gasteiger partial charge in [0, 0.05) is 18.7 Å². The number of carbonyl (C=O) groups excluding carboxylic acids is 2. The van der Waals surface area contributed by atoms with Gasteiger partial charge in [0.15, 0.2) is 0 Å². The van der Waals surface area contributed by atoms with Crippen molar-refractivity contribution in [3.63, 3.8) is 0 Å². The molecular formula is C19H30N2O3. The van der Waals surface area contributed by atoms with E-state index in [9.17, 15) is 9.59 Å². The molecule has 0 radical (unpaired) electrons. The maximum absolute atomic E-state index is 12.4. The van der Waals surface area contributed by atoms with Crippen molar-refractivity contribution in [1.82, 2.24) is 10.6 Å². The molecular weight excluding hydrogens is 304 g/mol. The Kier molecular flexibility index (Phi) is 8.47. The molecule has 2 N–H and O–H groups in total. The van der Waals surface area contributed by atoms with E-state index in [1.54, 1.807) is 6.07 Å². The Morgan fingerprint density at radius 2 is 1.88 bits per heavy atom. The first-order valence-electron chi connectivity index (χ1n) is 8.58. The van der Waals surface area contributed by atoms with Crippen LogP contribution in [0.2, 0.25) is 0 Å². The fourth-order valence-corrected chi connectivity index (χ4v) is 2.26. The van der Waals surface area contributed by atoms with Crippen LogP contribution in [0.4, 0.5) is 0 Å². The minimum Gasteiger partial charge on any atom is -0.379 e. The second-order valence-corrected chi connectivity index (χ2v) is 6.63. The lowest BCUT2D eigenvalue weighted by molar-refractivity contribution is -0.124.